The second-order valence-electron chi connectivity index (χ2n) is 3.66. The minimum Gasteiger partial charge on any atom is -0.310 e. The molecule has 0 aliphatic rings. The van der Waals surface area contributed by atoms with Crippen molar-refractivity contribution < 1.29 is 0 Å². The zero-order chi connectivity index (χ0) is 9.68. The Hall–Kier alpha value is -0.960. The van der Waals surface area contributed by atoms with Crippen molar-refractivity contribution in [3.05, 3.63) is 24.3 Å². The van der Waals surface area contributed by atoms with Crippen molar-refractivity contribution in [2.24, 2.45) is 5.92 Å². The molecule has 0 fully saturated rings. The molecule has 3 nitrogen and oxygen atoms in total. The van der Waals surface area contributed by atoms with Crippen LogP contribution >= 0.6 is 0 Å². The molecule has 13 heavy (non-hydrogen) atoms. The summed E-state index contributed by atoms with van der Waals surface area (Å²) in [6, 6.07) is 0.528. The van der Waals surface area contributed by atoms with Gasteiger partial charge < -0.3 is 5.32 Å². The predicted octanol–water partition coefficient (Wildman–Crippen LogP) is 1.61. The van der Waals surface area contributed by atoms with Gasteiger partial charge in [-0.1, -0.05) is 13.8 Å². The van der Waals surface area contributed by atoms with Crippen LogP contribution in [-0.4, -0.2) is 16.0 Å². The van der Waals surface area contributed by atoms with Crippen molar-refractivity contribution in [3.8, 4) is 0 Å². The molecule has 0 aliphatic carbocycles. The van der Waals surface area contributed by atoms with E-state index in [-0.39, 0.29) is 0 Å². The maximum atomic E-state index is 3.96. The van der Waals surface area contributed by atoms with Gasteiger partial charge in [-0.2, -0.15) is 0 Å². The van der Waals surface area contributed by atoms with Gasteiger partial charge in [0, 0.05) is 30.5 Å². The molecule has 1 rings (SSSR count). The highest BCUT2D eigenvalue weighted by Gasteiger charge is 2.05. The van der Waals surface area contributed by atoms with Crippen molar-refractivity contribution >= 4 is 0 Å². The first-order chi connectivity index (χ1) is 6.20. The Balaban J connectivity index is 2.35. The molecule has 0 aromatic carbocycles. The molecule has 0 bridgehead atoms. The maximum Gasteiger partial charge on any atom is 0.115 e. The number of rotatable bonds is 4. The monoisotopic (exact) mass is 179 g/mol. The molecule has 0 spiro atoms. The quantitative estimate of drug-likeness (QED) is 0.763. The largest absolute Gasteiger partial charge is 0.310 e. The lowest BCUT2D eigenvalue weighted by molar-refractivity contribution is 0.425. The topological polar surface area (TPSA) is 37.8 Å². The zero-order valence-corrected chi connectivity index (χ0v) is 8.49. The van der Waals surface area contributed by atoms with Crippen LogP contribution in [0.25, 0.3) is 0 Å². The number of hydrogen-bond donors (Lipinski definition) is 1. The molecular formula is C10H17N3. The third-order valence-electron chi connectivity index (χ3n) is 2.24. The van der Waals surface area contributed by atoms with E-state index in [1.165, 1.54) is 0 Å². The lowest BCUT2D eigenvalue weighted by Gasteiger charge is -2.16. The van der Waals surface area contributed by atoms with Gasteiger partial charge in [0.25, 0.3) is 0 Å². The summed E-state index contributed by atoms with van der Waals surface area (Å²) in [5.41, 5.74) is 1.13. The van der Waals surface area contributed by atoms with Crippen LogP contribution in [0.5, 0.6) is 0 Å². The van der Waals surface area contributed by atoms with Gasteiger partial charge in [0.15, 0.2) is 0 Å². The van der Waals surface area contributed by atoms with E-state index < -0.39 is 0 Å². The second-order valence-corrected chi connectivity index (χ2v) is 3.66. The first kappa shape index (κ1) is 10.1. The Bertz CT molecular complexity index is 233. The summed E-state index contributed by atoms with van der Waals surface area (Å²) in [4.78, 5) is 7.91. The van der Waals surface area contributed by atoms with E-state index in [1.807, 2.05) is 12.4 Å². The van der Waals surface area contributed by atoms with Crippen molar-refractivity contribution in [1.29, 1.82) is 0 Å². The van der Waals surface area contributed by atoms with Crippen molar-refractivity contribution in [2.75, 3.05) is 0 Å². The first-order valence-electron chi connectivity index (χ1n) is 4.67. The van der Waals surface area contributed by atoms with Crippen LogP contribution in [0.3, 0.4) is 0 Å². The molecule has 72 valence electrons. The SMILES string of the molecule is CC(C)[C@@H](C)NCc1cncnc1. The van der Waals surface area contributed by atoms with Crippen molar-refractivity contribution in [1.82, 2.24) is 15.3 Å². The Morgan fingerprint density at radius 1 is 1.23 bits per heavy atom. The summed E-state index contributed by atoms with van der Waals surface area (Å²) in [5, 5.41) is 3.42. The minimum absolute atomic E-state index is 0.528. The zero-order valence-electron chi connectivity index (χ0n) is 8.49. The predicted molar refractivity (Wildman–Crippen MR) is 53.2 cm³/mol. The van der Waals surface area contributed by atoms with Crippen LogP contribution in [0.15, 0.2) is 18.7 Å². The highest BCUT2D eigenvalue weighted by Crippen LogP contribution is 2.01. The van der Waals surface area contributed by atoms with Crippen LogP contribution in [-0.2, 0) is 6.54 Å². The lowest BCUT2D eigenvalue weighted by Crippen LogP contribution is -2.30. The fraction of sp³-hybridized carbons (Fsp3) is 0.600. The molecule has 1 N–H and O–H groups in total. The average molecular weight is 179 g/mol. The highest BCUT2D eigenvalue weighted by molar-refractivity contribution is 5.01. The third-order valence-corrected chi connectivity index (χ3v) is 2.24. The summed E-state index contributed by atoms with van der Waals surface area (Å²) in [7, 11) is 0. The number of nitrogens with one attached hydrogen (secondary N) is 1. The van der Waals surface area contributed by atoms with Crippen LogP contribution in [0.1, 0.15) is 26.3 Å². The summed E-state index contributed by atoms with van der Waals surface area (Å²) < 4.78 is 0. The molecule has 0 saturated heterocycles. The van der Waals surface area contributed by atoms with E-state index in [0.717, 1.165) is 12.1 Å². The summed E-state index contributed by atoms with van der Waals surface area (Å²) >= 11 is 0. The molecule has 3 heteroatoms. The molecule has 0 amide bonds. The highest BCUT2D eigenvalue weighted by atomic mass is 14.9. The van der Waals surface area contributed by atoms with Crippen LogP contribution < -0.4 is 5.32 Å². The molecule has 0 radical (unpaired) electrons. The van der Waals surface area contributed by atoms with Crippen molar-refractivity contribution in [2.45, 2.75) is 33.4 Å². The summed E-state index contributed by atoms with van der Waals surface area (Å²) in [6.45, 7) is 7.45. The Kier molecular flexibility index (Phi) is 3.83. The molecular weight excluding hydrogens is 162 g/mol. The van der Waals surface area contributed by atoms with Gasteiger partial charge >= 0.3 is 0 Å². The Morgan fingerprint density at radius 2 is 1.85 bits per heavy atom. The van der Waals surface area contributed by atoms with Crippen LogP contribution in [0.2, 0.25) is 0 Å². The number of hydrogen-bond acceptors (Lipinski definition) is 3. The van der Waals surface area contributed by atoms with Gasteiger partial charge in [-0.25, -0.2) is 9.97 Å². The lowest BCUT2D eigenvalue weighted by atomic mass is 10.1. The molecule has 1 atom stereocenters. The molecule has 1 heterocycles. The van der Waals surface area contributed by atoms with E-state index >= 15 is 0 Å². The normalized spacial score (nSPS) is 13.2. The van der Waals surface area contributed by atoms with E-state index in [4.69, 9.17) is 0 Å². The minimum atomic E-state index is 0.528. The standard InChI is InChI=1S/C10H17N3/c1-8(2)9(3)13-6-10-4-11-7-12-5-10/h4-5,7-9,13H,6H2,1-3H3/t9-/m1/s1. The van der Waals surface area contributed by atoms with Crippen LogP contribution in [0, 0.1) is 5.92 Å². The van der Waals surface area contributed by atoms with Gasteiger partial charge in [-0.15, -0.1) is 0 Å². The summed E-state index contributed by atoms with van der Waals surface area (Å²) in [6.07, 6.45) is 5.23. The van der Waals surface area contributed by atoms with Crippen LogP contribution in [0.4, 0.5) is 0 Å². The van der Waals surface area contributed by atoms with Gasteiger partial charge in [0.05, 0.1) is 0 Å². The number of nitrogens with zero attached hydrogens (tertiary/aromatic N) is 2. The molecule has 0 aliphatic heterocycles. The average Bonchev–Trinajstić information content (AvgIpc) is 2.15. The molecule has 0 saturated carbocycles. The fourth-order valence-corrected chi connectivity index (χ4v) is 0.936. The van der Waals surface area contributed by atoms with E-state index in [0.29, 0.717) is 12.0 Å². The van der Waals surface area contributed by atoms with E-state index in [2.05, 4.69) is 36.1 Å². The molecule has 1 aromatic heterocycles. The van der Waals surface area contributed by atoms with E-state index in [1.54, 1.807) is 6.33 Å². The fourth-order valence-electron chi connectivity index (χ4n) is 0.936. The van der Waals surface area contributed by atoms with Gasteiger partial charge in [-0.05, 0) is 12.8 Å². The first-order valence-corrected chi connectivity index (χ1v) is 4.67. The molecule has 1 aromatic rings. The smallest absolute Gasteiger partial charge is 0.115 e. The Labute approximate surface area is 79.6 Å². The second kappa shape index (κ2) is 4.92. The number of aromatic nitrogens is 2. The Morgan fingerprint density at radius 3 is 2.38 bits per heavy atom. The van der Waals surface area contributed by atoms with Crippen molar-refractivity contribution in [3.63, 3.8) is 0 Å². The molecule has 0 unspecified atom stereocenters. The van der Waals surface area contributed by atoms with E-state index in [9.17, 15) is 0 Å². The van der Waals surface area contributed by atoms with Gasteiger partial charge in [0.1, 0.15) is 6.33 Å². The summed E-state index contributed by atoms with van der Waals surface area (Å²) in [5.74, 6) is 0.657. The maximum absolute atomic E-state index is 3.96. The third kappa shape index (κ3) is 3.51. The van der Waals surface area contributed by atoms with Gasteiger partial charge in [-0.3, -0.25) is 0 Å². The van der Waals surface area contributed by atoms with Gasteiger partial charge in [0.2, 0.25) is 0 Å².